The molecule has 1 aliphatic heterocycles. The molecule has 1 aliphatic rings. The van der Waals surface area contributed by atoms with Crippen LogP contribution in [0.3, 0.4) is 0 Å². The highest BCUT2D eigenvalue weighted by Gasteiger charge is 2.33. The van der Waals surface area contributed by atoms with E-state index in [4.69, 9.17) is 9.47 Å². The Morgan fingerprint density at radius 2 is 2.38 bits per heavy atom. The van der Waals surface area contributed by atoms with Crippen molar-refractivity contribution in [3.8, 4) is 0 Å². The molecule has 0 radical (unpaired) electrons. The molecule has 0 spiro atoms. The summed E-state index contributed by atoms with van der Waals surface area (Å²) in [5, 5.41) is 3.12. The SMILES string of the molecule is O=C(CCOCC1CCCO1)Nc1nc(C(F)(F)F)cs1. The quantitative estimate of drug-likeness (QED) is 0.817. The Labute approximate surface area is 123 Å². The number of carbonyl (C=O) groups excluding carboxylic acids is 1. The van der Waals surface area contributed by atoms with Crippen LogP contribution >= 0.6 is 11.3 Å². The van der Waals surface area contributed by atoms with Crippen molar-refractivity contribution in [1.29, 1.82) is 0 Å². The van der Waals surface area contributed by atoms with Crippen LogP contribution in [0.4, 0.5) is 18.3 Å². The number of amides is 1. The number of thiazole rings is 1. The Balaban J connectivity index is 1.66. The first-order valence-electron chi connectivity index (χ1n) is 6.47. The summed E-state index contributed by atoms with van der Waals surface area (Å²) in [4.78, 5) is 14.8. The predicted molar refractivity (Wildman–Crippen MR) is 70.2 cm³/mol. The number of hydrogen-bond acceptors (Lipinski definition) is 5. The third kappa shape index (κ3) is 5.25. The molecule has 0 aromatic carbocycles. The van der Waals surface area contributed by atoms with Crippen LogP contribution < -0.4 is 5.32 Å². The molecule has 21 heavy (non-hydrogen) atoms. The van der Waals surface area contributed by atoms with Crippen LogP contribution in [0.5, 0.6) is 0 Å². The number of nitrogens with zero attached hydrogens (tertiary/aromatic N) is 1. The van der Waals surface area contributed by atoms with E-state index in [9.17, 15) is 18.0 Å². The smallest absolute Gasteiger partial charge is 0.378 e. The van der Waals surface area contributed by atoms with E-state index in [1.807, 2.05) is 0 Å². The van der Waals surface area contributed by atoms with Gasteiger partial charge >= 0.3 is 6.18 Å². The second-order valence-electron chi connectivity index (χ2n) is 4.54. The zero-order valence-electron chi connectivity index (χ0n) is 11.1. The first kappa shape index (κ1) is 16.2. The lowest BCUT2D eigenvalue weighted by Crippen LogP contribution is -2.18. The highest BCUT2D eigenvalue weighted by Crippen LogP contribution is 2.31. The van der Waals surface area contributed by atoms with Crippen LogP contribution in [0.2, 0.25) is 0 Å². The van der Waals surface area contributed by atoms with Crippen LogP contribution in [0.15, 0.2) is 5.38 Å². The maximum atomic E-state index is 12.3. The predicted octanol–water partition coefficient (Wildman–Crippen LogP) is 2.69. The summed E-state index contributed by atoms with van der Waals surface area (Å²) in [5.41, 5.74) is -1.00. The monoisotopic (exact) mass is 324 g/mol. The van der Waals surface area contributed by atoms with E-state index in [0.717, 1.165) is 36.2 Å². The topological polar surface area (TPSA) is 60.5 Å². The van der Waals surface area contributed by atoms with E-state index in [2.05, 4.69) is 10.3 Å². The van der Waals surface area contributed by atoms with Gasteiger partial charge in [-0.15, -0.1) is 11.3 Å². The minimum atomic E-state index is -4.50. The Hall–Kier alpha value is -1.19. The van der Waals surface area contributed by atoms with E-state index in [1.165, 1.54) is 0 Å². The molecule has 1 fully saturated rings. The lowest BCUT2D eigenvalue weighted by atomic mass is 10.2. The Morgan fingerprint density at radius 1 is 1.57 bits per heavy atom. The number of ether oxygens (including phenoxy) is 2. The van der Waals surface area contributed by atoms with Crippen molar-refractivity contribution >= 4 is 22.4 Å². The van der Waals surface area contributed by atoms with Crippen molar-refractivity contribution in [2.45, 2.75) is 31.5 Å². The maximum Gasteiger partial charge on any atom is 0.434 e. The van der Waals surface area contributed by atoms with Gasteiger partial charge in [-0.3, -0.25) is 4.79 Å². The number of carbonyl (C=O) groups is 1. The largest absolute Gasteiger partial charge is 0.434 e. The molecule has 2 rings (SSSR count). The molecule has 0 aliphatic carbocycles. The van der Waals surface area contributed by atoms with Gasteiger partial charge in [-0.2, -0.15) is 13.2 Å². The zero-order valence-corrected chi connectivity index (χ0v) is 11.9. The zero-order chi connectivity index (χ0) is 15.3. The highest BCUT2D eigenvalue weighted by molar-refractivity contribution is 7.13. The van der Waals surface area contributed by atoms with E-state index >= 15 is 0 Å². The molecule has 1 saturated heterocycles. The minimum absolute atomic E-state index is 0.0631. The molecule has 1 N–H and O–H groups in total. The van der Waals surface area contributed by atoms with Crippen LogP contribution in [0, 0.1) is 0 Å². The van der Waals surface area contributed by atoms with Crippen LogP contribution in [-0.2, 0) is 20.4 Å². The lowest BCUT2D eigenvalue weighted by Gasteiger charge is -2.09. The number of halogens is 3. The van der Waals surface area contributed by atoms with Gasteiger partial charge in [-0.05, 0) is 12.8 Å². The van der Waals surface area contributed by atoms with E-state index in [-0.39, 0.29) is 24.3 Å². The van der Waals surface area contributed by atoms with Crippen molar-refractivity contribution in [1.82, 2.24) is 4.98 Å². The third-order valence-electron chi connectivity index (χ3n) is 2.84. The van der Waals surface area contributed by atoms with Crippen LogP contribution in [0.25, 0.3) is 0 Å². The molecule has 1 unspecified atom stereocenters. The van der Waals surface area contributed by atoms with Gasteiger partial charge in [0.25, 0.3) is 0 Å². The lowest BCUT2D eigenvalue weighted by molar-refractivity contribution is -0.140. The molecule has 1 aromatic rings. The Kier molecular flexibility index (Phi) is 5.54. The number of rotatable bonds is 6. The van der Waals surface area contributed by atoms with Gasteiger partial charge in [0.05, 0.1) is 25.7 Å². The Morgan fingerprint density at radius 3 is 3.00 bits per heavy atom. The fourth-order valence-corrected chi connectivity index (χ4v) is 2.53. The fraction of sp³-hybridized carbons (Fsp3) is 0.667. The molecular weight excluding hydrogens is 309 g/mol. The molecule has 0 bridgehead atoms. The fourth-order valence-electron chi connectivity index (χ4n) is 1.80. The highest BCUT2D eigenvalue weighted by atomic mass is 32.1. The third-order valence-corrected chi connectivity index (χ3v) is 3.60. The average Bonchev–Trinajstić information content (AvgIpc) is 3.04. The van der Waals surface area contributed by atoms with Crippen molar-refractivity contribution in [2.24, 2.45) is 0 Å². The van der Waals surface area contributed by atoms with Crippen LogP contribution in [-0.4, -0.2) is 36.8 Å². The van der Waals surface area contributed by atoms with Gasteiger partial charge in [0, 0.05) is 12.0 Å². The summed E-state index contributed by atoms with van der Waals surface area (Å²) in [7, 11) is 0. The van der Waals surface area contributed by atoms with Gasteiger partial charge in [0.1, 0.15) is 0 Å². The van der Waals surface area contributed by atoms with Gasteiger partial charge in [0.15, 0.2) is 10.8 Å². The average molecular weight is 324 g/mol. The van der Waals surface area contributed by atoms with Gasteiger partial charge < -0.3 is 14.8 Å². The minimum Gasteiger partial charge on any atom is -0.378 e. The summed E-state index contributed by atoms with van der Waals surface area (Å²) in [6, 6.07) is 0. The molecular formula is C12H15F3N2O3S. The number of hydrogen-bond donors (Lipinski definition) is 1. The second-order valence-corrected chi connectivity index (χ2v) is 5.40. The molecule has 5 nitrogen and oxygen atoms in total. The molecule has 2 heterocycles. The van der Waals surface area contributed by atoms with Gasteiger partial charge in [-0.25, -0.2) is 4.98 Å². The summed E-state index contributed by atoms with van der Waals surface area (Å²) < 4.78 is 47.7. The summed E-state index contributed by atoms with van der Waals surface area (Å²) in [5.74, 6) is -0.426. The molecule has 0 saturated carbocycles. The second kappa shape index (κ2) is 7.19. The van der Waals surface area contributed by atoms with Crippen molar-refractivity contribution in [3.05, 3.63) is 11.1 Å². The number of anilines is 1. The molecule has 1 amide bonds. The maximum absolute atomic E-state index is 12.3. The normalized spacial score (nSPS) is 18.9. The molecule has 1 aromatic heterocycles. The van der Waals surface area contributed by atoms with Crippen LogP contribution in [0.1, 0.15) is 25.0 Å². The number of nitrogens with one attached hydrogen (secondary N) is 1. The van der Waals surface area contributed by atoms with Crippen molar-refractivity contribution in [3.63, 3.8) is 0 Å². The molecule has 1 atom stereocenters. The van der Waals surface area contributed by atoms with E-state index in [1.54, 1.807) is 0 Å². The van der Waals surface area contributed by atoms with E-state index < -0.39 is 17.8 Å². The van der Waals surface area contributed by atoms with Gasteiger partial charge in [0.2, 0.25) is 5.91 Å². The summed E-state index contributed by atoms with van der Waals surface area (Å²) in [6.45, 7) is 1.37. The molecule has 9 heteroatoms. The standard InChI is InChI=1S/C12H15F3N2O3S/c13-12(14,15)9-7-21-11(16-9)17-10(18)3-5-19-6-8-2-1-4-20-8/h7-8H,1-6H2,(H,16,17,18). The number of alkyl halides is 3. The van der Waals surface area contributed by atoms with Crippen molar-refractivity contribution in [2.75, 3.05) is 25.1 Å². The van der Waals surface area contributed by atoms with Gasteiger partial charge in [-0.1, -0.05) is 0 Å². The first-order chi connectivity index (χ1) is 9.95. The first-order valence-corrected chi connectivity index (χ1v) is 7.35. The van der Waals surface area contributed by atoms with E-state index in [0.29, 0.717) is 6.61 Å². The van der Waals surface area contributed by atoms with Crippen molar-refractivity contribution < 1.29 is 27.4 Å². The summed E-state index contributed by atoms with van der Waals surface area (Å²) >= 11 is 0.740. The number of aromatic nitrogens is 1. The molecule has 118 valence electrons. The Bertz CT molecular complexity index is 473. The summed E-state index contributed by atoms with van der Waals surface area (Å²) in [6.07, 6.45) is -2.38.